The van der Waals surface area contributed by atoms with Crippen LogP contribution < -0.4 is 10.6 Å². The first kappa shape index (κ1) is 18.9. The number of aliphatic imine (C=N–C) groups is 1. The van der Waals surface area contributed by atoms with E-state index in [-0.39, 0.29) is 48.9 Å². The molecule has 1 saturated heterocycles. The summed E-state index contributed by atoms with van der Waals surface area (Å²) in [5, 5.41) is 5.79. The van der Waals surface area contributed by atoms with E-state index in [0.29, 0.717) is 5.96 Å². The number of guanidine groups is 1. The summed E-state index contributed by atoms with van der Waals surface area (Å²) in [5.41, 5.74) is 0. The van der Waals surface area contributed by atoms with Crippen LogP contribution in [0.15, 0.2) is 4.99 Å². The van der Waals surface area contributed by atoms with Crippen molar-refractivity contribution in [1.82, 2.24) is 20.4 Å². The monoisotopic (exact) mass is 397 g/mol. The minimum Gasteiger partial charge on any atom is -0.347 e. The Labute approximate surface area is 137 Å². The molecule has 0 aliphatic carbocycles. The van der Waals surface area contributed by atoms with Gasteiger partial charge in [-0.25, -0.2) is 0 Å². The molecule has 2 N–H and O–H groups in total. The van der Waals surface area contributed by atoms with E-state index in [1.165, 1.54) is 4.90 Å². The van der Waals surface area contributed by atoms with Gasteiger partial charge in [0.25, 0.3) is 0 Å². The van der Waals surface area contributed by atoms with Gasteiger partial charge in [0.2, 0.25) is 11.8 Å². The molecule has 1 fully saturated rings. The molecular formula is C12H24IN5O2. The van der Waals surface area contributed by atoms with Gasteiger partial charge < -0.3 is 20.4 Å². The van der Waals surface area contributed by atoms with Crippen LogP contribution in [0.5, 0.6) is 0 Å². The lowest BCUT2D eigenvalue weighted by molar-refractivity contribution is -0.129. The molecule has 116 valence electrons. The number of likely N-dealkylation sites (N-methyl/N-ethyl adjacent to an activating group) is 1. The van der Waals surface area contributed by atoms with Gasteiger partial charge in [-0.2, -0.15) is 0 Å². The maximum absolute atomic E-state index is 11.8. The second kappa shape index (κ2) is 9.78. The molecule has 0 atom stereocenters. The number of likely N-dealkylation sites (tertiary alicyclic amines) is 1. The number of rotatable bonds is 4. The Kier molecular flexibility index (Phi) is 9.26. The van der Waals surface area contributed by atoms with Gasteiger partial charge in [0, 0.05) is 34.2 Å². The highest BCUT2D eigenvalue weighted by atomic mass is 127. The summed E-state index contributed by atoms with van der Waals surface area (Å²) in [5.74, 6) is 0.482. The molecule has 1 aliphatic rings. The molecule has 1 heterocycles. The molecule has 0 bridgehead atoms. The third-order valence-corrected chi connectivity index (χ3v) is 3.00. The zero-order valence-corrected chi connectivity index (χ0v) is 14.6. The molecular weight excluding hydrogens is 373 g/mol. The lowest BCUT2D eigenvalue weighted by Crippen LogP contribution is -2.46. The van der Waals surface area contributed by atoms with E-state index in [4.69, 9.17) is 0 Å². The molecule has 0 aromatic carbocycles. The summed E-state index contributed by atoms with van der Waals surface area (Å²) in [6, 6.07) is 0. The summed E-state index contributed by atoms with van der Waals surface area (Å²) < 4.78 is 0. The molecule has 8 heteroatoms. The Balaban J connectivity index is 0.00000361. The van der Waals surface area contributed by atoms with Crippen molar-refractivity contribution >= 4 is 41.8 Å². The summed E-state index contributed by atoms with van der Waals surface area (Å²) in [6.45, 7) is 2.04. The van der Waals surface area contributed by atoms with E-state index in [1.54, 1.807) is 21.1 Å². The van der Waals surface area contributed by atoms with Crippen LogP contribution in [0.25, 0.3) is 0 Å². The first-order chi connectivity index (χ1) is 9.04. The van der Waals surface area contributed by atoms with E-state index in [1.807, 2.05) is 4.90 Å². The summed E-state index contributed by atoms with van der Waals surface area (Å²) in [4.78, 5) is 30.5. The maximum Gasteiger partial charge on any atom is 0.241 e. The zero-order valence-electron chi connectivity index (χ0n) is 12.3. The molecule has 7 nitrogen and oxygen atoms in total. The van der Waals surface area contributed by atoms with Crippen molar-refractivity contribution in [2.24, 2.45) is 4.99 Å². The van der Waals surface area contributed by atoms with Crippen molar-refractivity contribution < 1.29 is 9.59 Å². The fraction of sp³-hybridized carbons (Fsp3) is 0.750. The number of carbonyl (C=O) groups is 2. The van der Waals surface area contributed by atoms with Crippen molar-refractivity contribution in [2.75, 3.05) is 47.3 Å². The third kappa shape index (κ3) is 6.40. The van der Waals surface area contributed by atoms with Crippen LogP contribution in [0.2, 0.25) is 0 Å². The van der Waals surface area contributed by atoms with E-state index < -0.39 is 0 Å². The molecule has 0 spiro atoms. The Morgan fingerprint density at radius 3 is 2.20 bits per heavy atom. The molecule has 0 saturated carbocycles. The normalized spacial score (nSPS) is 14.6. The van der Waals surface area contributed by atoms with Crippen molar-refractivity contribution in [2.45, 2.75) is 12.8 Å². The Hall–Kier alpha value is -1.06. The van der Waals surface area contributed by atoms with Gasteiger partial charge in [-0.15, -0.1) is 24.0 Å². The van der Waals surface area contributed by atoms with E-state index in [9.17, 15) is 9.59 Å². The minimum atomic E-state index is -0.0474. The number of hydrogen-bond acceptors (Lipinski definition) is 3. The van der Waals surface area contributed by atoms with E-state index in [2.05, 4.69) is 15.6 Å². The quantitative estimate of drug-likeness (QED) is 0.380. The van der Waals surface area contributed by atoms with Crippen LogP contribution in [0.3, 0.4) is 0 Å². The second-order valence-electron chi connectivity index (χ2n) is 4.66. The van der Waals surface area contributed by atoms with Crippen LogP contribution in [-0.4, -0.2) is 74.9 Å². The highest BCUT2D eigenvalue weighted by Crippen LogP contribution is 2.06. The van der Waals surface area contributed by atoms with Crippen molar-refractivity contribution in [3.05, 3.63) is 0 Å². The number of hydrogen-bond donors (Lipinski definition) is 2. The fourth-order valence-electron chi connectivity index (χ4n) is 1.78. The van der Waals surface area contributed by atoms with Crippen molar-refractivity contribution in [3.8, 4) is 0 Å². The predicted molar refractivity (Wildman–Crippen MR) is 89.3 cm³/mol. The molecule has 1 rings (SSSR count). The SMILES string of the molecule is CN=C(NCC(=O)N(C)C)NCC(=O)N1CCCC1.I. The van der Waals surface area contributed by atoms with Crippen molar-refractivity contribution in [1.29, 1.82) is 0 Å². The third-order valence-electron chi connectivity index (χ3n) is 3.00. The lowest BCUT2D eigenvalue weighted by Gasteiger charge is -2.17. The summed E-state index contributed by atoms with van der Waals surface area (Å²) >= 11 is 0. The average Bonchev–Trinajstić information content (AvgIpc) is 2.92. The van der Waals surface area contributed by atoms with Gasteiger partial charge in [0.05, 0.1) is 13.1 Å². The van der Waals surface area contributed by atoms with Gasteiger partial charge in [0.15, 0.2) is 5.96 Å². The Bertz CT molecular complexity index is 354. The molecule has 2 amide bonds. The average molecular weight is 397 g/mol. The van der Waals surface area contributed by atoms with Gasteiger partial charge in [0.1, 0.15) is 0 Å². The molecule has 20 heavy (non-hydrogen) atoms. The maximum atomic E-state index is 11.8. The Morgan fingerprint density at radius 1 is 1.15 bits per heavy atom. The van der Waals surface area contributed by atoms with Crippen molar-refractivity contribution in [3.63, 3.8) is 0 Å². The van der Waals surface area contributed by atoms with Crippen LogP contribution in [-0.2, 0) is 9.59 Å². The van der Waals surface area contributed by atoms with Gasteiger partial charge in [-0.3, -0.25) is 14.6 Å². The topological polar surface area (TPSA) is 77.0 Å². The van der Waals surface area contributed by atoms with E-state index in [0.717, 1.165) is 25.9 Å². The molecule has 1 aliphatic heterocycles. The lowest BCUT2D eigenvalue weighted by atomic mass is 10.4. The number of nitrogens with one attached hydrogen (secondary N) is 2. The highest BCUT2D eigenvalue weighted by molar-refractivity contribution is 14.0. The number of halogens is 1. The van der Waals surface area contributed by atoms with Crippen LogP contribution in [0, 0.1) is 0 Å². The standard InChI is InChI=1S/C12H23N5O2.HI/c1-13-12(14-8-10(18)16(2)3)15-9-11(19)17-6-4-5-7-17;/h4-9H2,1-3H3,(H2,13,14,15);1H. The van der Waals surface area contributed by atoms with Gasteiger partial charge in [-0.1, -0.05) is 0 Å². The number of nitrogens with zero attached hydrogens (tertiary/aromatic N) is 3. The molecule has 0 aromatic heterocycles. The summed E-state index contributed by atoms with van der Waals surface area (Å²) in [6.07, 6.45) is 2.16. The van der Waals surface area contributed by atoms with E-state index >= 15 is 0 Å². The molecule has 0 unspecified atom stereocenters. The first-order valence-electron chi connectivity index (χ1n) is 6.47. The highest BCUT2D eigenvalue weighted by Gasteiger charge is 2.17. The van der Waals surface area contributed by atoms with Crippen LogP contribution >= 0.6 is 24.0 Å². The smallest absolute Gasteiger partial charge is 0.241 e. The number of carbonyl (C=O) groups excluding carboxylic acids is 2. The minimum absolute atomic E-state index is 0. The van der Waals surface area contributed by atoms with Gasteiger partial charge in [-0.05, 0) is 12.8 Å². The number of amides is 2. The fourth-order valence-corrected chi connectivity index (χ4v) is 1.78. The summed E-state index contributed by atoms with van der Waals surface area (Å²) in [7, 11) is 4.99. The zero-order chi connectivity index (χ0) is 14.3. The van der Waals surface area contributed by atoms with Gasteiger partial charge >= 0.3 is 0 Å². The van der Waals surface area contributed by atoms with Crippen LogP contribution in [0.4, 0.5) is 0 Å². The second-order valence-corrected chi connectivity index (χ2v) is 4.66. The predicted octanol–water partition coefficient (Wildman–Crippen LogP) is -0.520. The Morgan fingerprint density at radius 2 is 1.70 bits per heavy atom. The van der Waals surface area contributed by atoms with Crippen LogP contribution in [0.1, 0.15) is 12.8 Å². The molecule has 0 aromatic rings. The first-order valence-corrected chi connectivity index (χ1v) is 6.47. The largest absolute Gasteiger partial charge is 0.347 e. The molecule has 0 radical (unpaired) electrons.